The number of anilines is 1. The number of thiocarbonyl (C=S) groups is 1. The van der Waals surface area contributed by atoms with Crippen LogP contribution in [0.25, 0.3) is 17.4 Å². The van der Waals surface area contributed by atoms with Crippen molar-refractivity contribution >= 4 is 51.9 Å². The summed E-state index contributed by atoms with van der Waals surface area (Å²) >= 11 is 6.35. The molecule has 3 aromatic rings. The Labute approximate surface area is 186 Å². The largest absolute Gasteiger partial charge is 0.478 e. The molecule has 0 unspecified atom stereocenters. The van der Waals surface area contributed by atoms with Crippen molar-refractivity contribution in [3.05, 3.63) is 82.2 Å². The number of rotatable bonds is 5. The number of furan rings is 1. The Morgan fingerprint density at radius 1 is 1.23 bits per heavy atom. The van der Waals surface area contributed by atoms with E-state index in [9.17, 15) is 19.1 Å². The normalized spacial score (nSPS) is 15.0. The van der Waals surface area contributed by atoms with E-state index in [1.165, 1.54) is 18.2 Å². The molecule has 0 aliphatic carbocycles. The number of carbonyl (C=O) groups is 2. The topological polar surface area (TPSA) is 82.8 Å². The summed E-state index contributed by atoms with van der Waals surface area (Å²) in [5, 5.41) is 10.4. The van der Waals surface area contributed by atoms with Gasteiger partial charge >= 0.3 is 5.97 Å². The van der Waals surface area contributed by atoms with E-state index in [4.69, 9.17) is 16.6 Å². The van der Waals surface area contributed by atoms with Crippen LogP contribution in [0.2, 0.25) is 0 Å². The van der Waals surface area contributed by atoms with Crippen molar-refractivity contribution in [2.45, 2.75) is 6.92 Å². The number of aromatic carboxylic acids is 1. The zero-order valence-corrected chi connectivity index (χ0v) is 17.7. The number of nitrogens with one attached hydrogen (secondary N) is 1. The van der Waals surface area contributed by atoms with Gasteiger partial charge < -0.3 is 9.52 Å². The molecule has 1 aliphatic heterocycles. The van der Waals surface area contributed by atoms with E-state index in [0.717, 1.165) is 27.9 Å². The van der Waals surface area contributed by atoms with Crippen LogP contribution in [0, 0.1) is 12.7 Å². The monoisotopic (exact) mass is 454 g/mol. The summed E-state index contributed by atoms with van der Waals surface area (Å²) in [6.45, 7) is 1.78. The van der Waals surface area contributed by atoms with Gasteiger partial charge in [0.05, 0.1) is 16.2 Å². The van der Waals surface area contributed by atoms with Crippen molar-refractivity contribution in [2.75, 3.05) is 5.43 Å². The van der Waals surface area contributed by atoms with Gasteiger partial charge in [0.2, 0.25) is 0 Å². The number of hydrogen-bond donors (Lipinski definition) is 2. The Hall–Kier alpha value is -3.43. The fourth-order valence-electron chi connectivity index (χ4n) is 3.06. The predicted octanol–water partition coefficient (Wildman–Crippen LogP) is 5.32. The number of hydrogen-bond acceptors (Lipinski definition) is 6. The molecule has 1 aliphatic rings. The molecule has 1 saturated heterocycles. The summed E-state index contributed by atoms with van der Waals surface area (Å²) in [7, 11) is 0. The number of halogens is 1. The lowest BCUT2D eigenvalue weighted by atomic mass is 10.1. The van der Waals surface area contributed by atoms with Crippen LogP contribution < -0.4 is 5.43 Å². The Kier molecular flexibility index (Phi) is 5.62. The highest BCUT2D eigenvalue weighted by atomic mass is 32.2. The summed E-state index contributed by atoms with van der Waals surface area (Å²) in [6.07, 6.45) is 1.56. The predicted molar refractivity (Wildman–Crippen MR) is 121 cm³/mol. The third-order valence-corrected chi connectivity index (χ3v) is 5.84. The second kappa shape index (κ2) is 8.37. The molecule has 0 spiro atoms. The number of nitrogens with zero attached hydrogens (tertiary/aromatic N) is 1. The highest BCUT2D eigenvalue weighted by molar-refractivity contribution is 8.26. The van der Waals surface area contributed by atoms with Gasteiger partial charge in [-0.05, 0) is 67.2 Å². The molecule has 31 heavy (non-hydrogen) atoms. The Morgan fingerprint density at radius 3 is 2.74 bits per heavy atom. The third kappa shape index (κ3) is 4.23. The standard InChI is InChI=1S/C22H15FN2O4S2/c1-12-10-13(23)6-8-15(12)18-9-7-14(29-18)11-19-20(26)25(22(30)31-19)24-17-5-3-2-4-16(17)21(27)28/h2-11,24H,1H3,(H,27,28). The first-order valence-corrected chi connectivity index (χ1v) is 10.3. The molecule has 1 fully saturated rings. The molecule has 2 aromatic carbocycles. The van der Waals surface area contributed by atoms with Crippen LogP contribution in [0.1, 0.15) is 21.7 Å². The zero-order valence-electron chi connectivity index (χ0n) is 16.1. The maximum absolute atomic E-state index is 13.3. The molecule has 156 valence electrons. The van der Waals surface area contributed by atoms with Crippen molar-refractivity contribution in [1.29, 1.82) is 0 Å². The summed E-state index contributed by atoms with van der Waals surface area (Å²) in [6, 6.07) is 14.1. The minimum Gasteiger partial charge on any atom is -0.478 e. The van der Waals surface area contributed by atoms with Crippen molar-refractivity contribution in [3.8, 4) is 11.3 Å². The molecule has 0 bridgehead atoms. The zero-order chi connectivity index (χ0) is 22.1. The molecule has 2 N–H and O–H groups in total. The molecule has 0 atom stereocenters. The van der Waals surface area contributed by atoms with Gasteiger partial charge in [-0.1, -0.05) is 23.9 Å². The molecule has 1 aromatic heterocycles. The van der Waals surface area contributed by atoms with Gasteiger partial charge in [0.1, 0.15) is 17.3 Å². The van der Waals surface area contributed by atoms with Gasteiger partial charge in [-0.2, -0.15) is 0 Å². The van der Waals surface area contributed by atoms with Gasteiger partial charge in [0.15, 0.2) is 4.32 Å². The van der Waals surface area contributed by atoms with Gasteiger partial charge in [-0.25, -0.2) is 14.2 Å². The maximum Gasteiger partial charge on any atom is 0.337 e. The van der Waals surface area contributed by atoms with E-state index >= 15 is 0 Å². The molecule has 1 amide bonds. The van der Waals surface area contributed by atoms with E-state index in [-0.39, 0.29) is 21.4 Å². The van der Waals surface area contributed by atoms with Crippen molar-refractivity contribution in [1.82, 2.24) is 5.01 Å². The smallest absolute Gasteiger partial charge is 0.337 e. The number of carboxylic acid groups (broad SMARTS) is 1. The van der Waals surface area contributed by atoms with Crippen LogP contribution in [0.4, 0.5) is 10.1 Å². The number of amides is 1. The first-order valence-electron chi connectivity index (χ1n) is 9.07. The quantitative estimate of drug-likeness (QED) is 0.399. The number of para-hydroxylation sites is 1. The lowest BCUT2D eigenvalue weighted by molar-refractivity contribution is -0.121. The van der Waals surface area contributed by atoms with E-state index < -0.39 is 11.9 Å². The van der Waals surface area contributed by atoms with Crippen LogP contribution in [0.15, 0.2) is 63.9 Å². The summed E-state index contributed by atoms with van der Waals surface area (Å²) in [5.41, 5.74) is 4.53. The second-order valence-electron chi connectivity index (χ2n) is 6.64. The lowest BCUT2D eigenvalue weighted by Gasteiger charge is -2.18. The molecule has 9 heteroatoms. The number of aryl methyl sites for hydroxylation is 1. The van der Waals surface area contributed by atoms with Gasteiger partial charge in [-0.15, -0.1) is 0 Å². The highest BCUT2D eigenvalue weighted by Crippen LogP contribution is 2.34. The fraction of sp³-hybridized carbons (Fsp3) is 0.0455. The SMILES string of the molecule is Cc1cc(F)ccc1-c1ccc(C=C2SC(=S)N(Nc3ccccc3C(=O)O)C2=O)o1. The average molecular weight is 455 g/mol. The third-order valence-electron chi connectivity index (χ3n) is 4.54. The number of benzene rings is 2. The van der Waals surface area contributed by atoms with Gasteiger partial charge in [0.25, 0.3) is 5.91 Å². The molecular weight excluding hydrogens is 439 g/mol. The second-order valence-corrected chi connectivity index (χ2v) is 8.32. The Bertz CT molecular complexity index is 1250. The van der Waals surface area contributed by atoms with Crippen molar-refractivity contribution in [2.24, 2.45) is 0 Å². The molecule has 2 heterocycles. The van der Waals surface area contributed by atoms with Crippen LogP contribution in [0.3, 0.4) is 0 Å². The molecule has 6 nitrogen and oxygen atoms in total. The van der Waals surface area contributed by atoms with Crippen LogP contribution in [-0.4, -0.2) is 26.3 Å². The number of hydrazine groups is 1. The molecular formula is C22H15FN2O4S2. The Morgan fingerprint density at radius 2 is 2.00 bits per heavy atom. The van der Waals surface area contributed by atoms with Crippen LogP contribution in [-0.2, 0) is 4.79 Å². The van der Waals surface area contributed by atoms with Crippen LogP contribution in [0.5, 0.6) is 0 Å². The first-order chi connectivity index (χ1) is 14.8. The number of carboxylic acids is 1. The Balaban J connectivity index is 1.57. The maximum atomic E-state index is 13.3. The number of thioether (sulfide) groups is 1. The minimum absolute atomic E-state index is 0.0193. The van der Waals surface area contributed by atoms with Crippen LogP contribution >= 0.6 is 24.0 Å². The lowest BCUT2D eigenvalue weighted by Crippen LogP contribution is -2.34. The minimum atomic E-state index is -1.12. The highest BCUT2D eigenvalue weighted by Gasteiger charge is 2.33. The van der Waals surface area contributed by atoms with Gasteiger partial charge in [-0.3, -0.25) is 10.2 Å². The van der Waals surface area contributed by atoms with E-state index in [2.05, 4.69) is 5.43 Å². The fourth-order valence-corrected chi connectivity index (χ4v) is 4.22. The summed E-state index contributed by atoms with van der Waals surface area (Å²) < 4.78 is 19.4. The summed E-state index contributed by atoms with van der Waals surface area (Å²) in [4.78, 5) is 24.6. The van der Waals surface area contributed by atoms with E-state index in [0.29, 0.717) is 16.4 Å². The van der Waals surface area contributed by atoms with Gasteiger partial charge in [0, 0.05) is 11.6 Å². The summed E-state index contributed by atoms with van der Waals surface area (Å²) in [5.74, 6) is -0.888. The van der Waals surface area contributed by atoms with E-state index in [1.807, 2.05) is 0 Å². The van der Waals surface area contributed by atoms with Crippen molar-refractivity contribution < 1.29 is 23.5 Å². The molecule has 0 saturated carbocycles. The molecule has 0 radical (unpaired) electrons. The first kappa shape index (κ1) is 20.8. The molecule has 4 rings (SSSR count). The van der Waals surface area contributed by atoms with Crippen molar-refractivity contribution in [3.63, 3.8) is 0 Å². The average Bonchev–Trinajstić information content (AvgIpc) is 3.28. The van der Waals surface area contributed by atoms with E-state index in [1.54, 1.807) is 49.4 Å². The number of carbonyl (C=O) groups excluding carboxylic acids is 1.